The molecule has 1 aromatic heterocycles. The van der Waals surface area contributed by atoms with E-state index in [9.17, 15) is 9.59 Å². The molecule has 8 nitrogen and oxygen atoms in total. The molecule has 3 saturated heterocycles. The van der Waals surface area contributed by atoms with E-state index in [0.717, 1.165) is 25.9 Å². The number of hydrogen-bond donors (Lipinski definition) is 0. The molecule has 1 amide bonds. The molecule has 0 radical (unpaired) electrons. The van der Waals surface area contributed by atoms with Crippen molar-refractivity contribution in [2.75, 3.05) is 33.9 Å². The molecule has 36 heavy (non-hydrogen) atoms. The van der Waals surface area contributed by atoms with Gasteiger partial charge in [0, 0.05) is 25.2 Å². The SMILES string of the molecule is COc1cc2nc(C)n(CC(=O)N3CCCC4=C[C@H]5C[C@@H](CN6CCCC[C@@H]56)[C@@H]43)c(=O)c2cc1OC. The lowest BCUT2D eigenvalue weighted by Gasteiger charge is -2.54. The molecule has 0 unspecified atom stereocenters. The lowest BCUT2D eigenvalue weighted by atomic mass is 9.68. The van der Waals surface area contributed by atoms with Gasteiger partial charge in [0.15, 0.2) is 11.5 Å². The zero-order valence-electron chi connectivity index (χ0n) is 21.5. The molecule has 3 aliphatic heterocycles. The van der Waals surface area contributed by atoms with E-state index in [4.69, 9.17) is 9.47 Å². The van der Waals surface area contributed by atoms with E-state index >= 15 is 0 Å². The summed E-state index contributed by atoms with van der Waals surface area (Å²) in [7, 11) is 3.10. The molecular weight excluding hydrogens is 456 g/mol. The number of rotatable bonds is 4. The van der Waals surface area contributed by atoms with Gasteiger partial charge in [0.25, 0.3) is 5.56 Å². The number of methoxy groups -OCH3 is 2. The average Bonchev–Trinajstić information content (AvgIpc) is 2.90. The monoisotopic (exact) mass is 492 g/mol. The van der Waals surface area contributed by atoms with Gasteiger partial charge < -0.3 is 14.4 Å². The van der Waals surface area contributed by atoms with E-state index < -0.39 is 0 Å². The number of ether oxygens (including phenoxy) is 2. The van der Waals surface area contributed by atoms with Crippen molar-refractivity contribution < 1.29 is 14.3 Å². The number of benzene rings is 1. The fourth-order valence-corrected chi connectivity index (χ4v) is 7.32. The summed E-state index contributed by atoms with van der Waals surface area (Å²) >= 11 is 0. The second kappa shape index (κ2) is 9.21. The molecule has 4 aliphatic rings. The molecular formula is C28H36N4O4. The third-order valence-corrected chi connectivity index (χ3v) is 8.92. The number of aromatic nitrogens is 2. The van der Waals surface area contributed by atoms with Crippen LogP contribution in [0.2, 0.25) is 0 Å². The predicted octanol–water partition coefficient (Wildman–Crippen LogP) is 3.14. The Morgan fingerprint density at radius 2 is 1.92 bits per heavy atom. The average molecular weight is 493 g/mol. The third kappa shape index (κ3) is 3.81. The Hall–Kier alpha value is -2.87. The molecule has 192 valence electrons. The summed E-state index contributed by atoms with van der Waals surface area (Å²) in [6, 6.07) is 4.23. The normalized spacial score (nSPS) is 27.8. The molecule has 8 heteroatoms. The Morgan fingerprint density at radius 3 is 2.72 bits per heavy atom. The zero-order valence-corrected chi connectivity index (χ0v) is 21.5. The number of carbonyl (C=O) groups is 1. The Balaban J connectivity index is 1.30. The molecule has 0 saturated carbocycles. The summed E-state index contributed by atoms with van der Waals surface area (Å²) < 4.78 is 12.3. The largest absolute Gasteiger partial charge is 0.493 e. The van der Waals surface area contributed by atoms with Crippen molar-refractivity contribution in [2.24, 2.45) is 11.8 Å². The Bertz CT molecular complexity index is 1280. The summed E-state index contributed by atoms with van der Waals surface area (Å²) in [6.07, 6.45) is 9.71. The van der Waals surface area contributed by atoms with Gasteiger partial charge in [-0.05, 0) is 63.5 Å². The van der Waals surface area contributed by atoms with Crippen molar-refractivity contribution >= 4 is 16.8 Å². The topological polar surface area (TPSA) is 76.9 Å². The Labute approximate surface area is 211 Å². The predicted molar refractivity (Wildman–Crippen MR) is 137 cm³/mol. The van der Waals surface area contributed by atoms with Crippen LogP contribution in [0.1, 0.15) is 44.3 Å². The van der Waals surface area contributed by atoms with Crippen molar-refractivity contribution in [3.05, 3.63) is 40.0 Å². The summed E-state index contributed by atoms with van der Waals surface area (Å²) in [6.45, 7) is 4.83. The molecule has 3 fully saturated rings. The van der Waals surface area contributed by atoms with Crippen LogP contribution >= 0.6 is 0 Å². The standard InChI is InChI=1S/C28H36N4O4/c1-17-29-22-14-25(36-3)24(35-2)13-21(22)28(34)32(17)16-26(33)31-10-6-7-18-11-19-12-20(27(18)31)15-30-9-5-4-8-23(19)30/h11,13-14,19-20,23,27H,4-10,12,15-16H2,1-3H3/t19-,20-,23-,27+/m0/s1. The van der Waals surface area contributed by atoms with Crippen LogP contribution in [0, 0.1) is 18.8 Å². The highest BCUT2D eigenvalue weighted by atomic mass is 16.5. The molecule has 2 bridgehead atoms. The molecule has 0 N–H and O–H groups in total. The lowest BCUT2D eigenvalue weighted by Crippen LogP contribution is -2.60. The van der Waals surface area contributed by atoms with Crippen LogP contribution in [0.5, 0.6) is 11.5 Å². The van der Waals surface area contributed by atoms with Crippen molar-refractivity contribution in [2.45, 2.75) is 64.1 Å². The molecule has 1 aliphatic carbocycles. The fourth-order valence-electron chi connectivity index (χ4n) is 7.32. The van der Waals surface area contributed by atoms with Gasteiger partial charge in [0.1, 0.15) is 12.4 Å². The molecule has 2 aromatic rings. The number of hydrogen-bond acceptors (Lipinski definition) is 6. The van der Waals surface area contributed by atoms with E-state index in [1.807, 2.05) is 0 Å². The van der Waals surface area contributed by atoms with Crippen LogP contribution in [-0.2, 0) is 11.3 Å². The van der Waals surface area contributed by atoms with Crippen molar-refractivity contribution in [1.82, 2.24) is 19.4 Å². The molecule has 0 spiro atoms. The zero-order chi connectivity index (χ0) is 25.0. The van der Waals surface area contributed by atoms with Crippen LogP contribution in [0.4, 0.5) is 0 Å². The molecule has 4 atom stereocenters. The highest BCUT2D eigenvalue weighted by Gasteiger charge is 2.46. The van der Waals surface area contributed by atoms with E-state index in [-0.39, 0.29) is 24.1 Å². The number of nitrogens with zero attached hydrogens (tertiary/aromatic N) is 4. The maximum absolute atomic E-state index is 13.8. The lowest BCUT2D eigenvalue weighted by molar-refractivity contribution is -0.137. The van der Waals surface area contributed by atoms with Crippen LogP contribution < -0.4 is 15.0 Å². The van der Waals surface area contributed by atoms with Crippen LogP contribution in [0.3, 0.4) is 0 Å². The minimum Gasteiger partial charge on any atom is -0.493 e. The van der Waals surface area contributed by atoms with Gasteiger partial charge in [-0.2, -0.15) is 0 Å². The highest BCUT2D eigenvalue weighted by molar-refractivity contribution is 5.83. The molecule has 4 heterocycles. The maximum atomic E-state index is 13.8. The second-order valence-corrected chi connectivity index (χ2v) is 10.9. The van der Waals surface area contributed by atoms with Crippen molar-refractivity contribution in [3.8, 4) is 11.5 Å². The highest BCUT2D eigenvalue weighted by Crippen LogP contribution is 2.45. The number of fused-ring (bicyclic) bond motifs is 7. The number of piperidine rings is 3. The van der Waals surface area contributed by atoms with E-state index in [0.29, 0.717) is 46.1 Å². The van der Waals surface area contributed by atoms with Gasteiger partial charge >= 0.3 is 0 Å². The van der Waals surface area contributed by atoms with Gasteiger partial charge in [-0.3, -0.25) is 19.1 Å². The molecule has 1 aromatic carbocycles. The van der Waals surface area contributed by atoms with Crippen LogP contribution in [0.25, 0.3) is 10.9 Å². The number of amides is 1. The van der Waals surface area contributed by atoms with E-state index in [2.05, 4.69) is 20.9 Å². The minimum atomic E-state index is -0.225. The number of likely N-dealkylation sites (tertiary alicyclic amines) is 1. The van der Waals surface area contributed by atoms with Gasteiger partial charge in [-0.15, -0.1) is 0 Å². The van der Waals surface area contributed by atoms with Crippen LogP contribution in [0.15, 0.2) is 28.6 Å². The van der Waals surface area contributed by atoms with Crippen LogP contribution in [-0.4, -0.2) is 71.2 Å². The van der Waals surface area contributed by atoms with Gasteiger partial charge in [-0.25, -0.2) is 4.98 Å². The maximum Gasteiger partial charge on any atom is 0.262 e. The number of carbonyl (C=O) groups excluding carboxylic acids is 1. The first kappa shape index (κ1) is 23.5. The quantitative estimate of drug-likeness (QED) is 0.611. The number of aryl methyl sites for hydroxylation is 1. The minimum absolute atomic E-state index is 0.00815. The van der Waals surface area contributed by atoms with Gasteiger partial charge in [0.05, 0.1) is 31.2 Å². The van der Waals surface area contributed by atoms with E-state index in [1.54, 1.807) is 33.3 Å². The second-order valence-electron chi connectivity index (χ2n) is 10.9. The molecule has 6 rings (SSSR count). The third-order valence-electron chi connectivity index (χ3n) is 8.92. The first-order valence-corrected chi connectivity index (χ1v) is 13.4. The Morgan fingerprint density at radius 1 is 1.11 bits per heavy atom. The van der Waals surface area contributed by atoms with Gasteiger partial charge in [-0.1, -0.05) is 18.1 Å². The summed E-state index contributed by atoms with van der Waals surface area (Å²) in [4.78, 5) is 36.7. The first-order valence-electron chi connectivity index (χ1n) is 13.4. The first-order chi connectivity index (χ1) is 17.5. The van der Waals surface area contributed by atoms with E-state index in [1.165, 1.54) is 42.4 Å². The van der Waals surface area contributed by atoms with Gasteiger partial charge in [0.2, 0.25) is 5.91 Å². The van der Waals surface area contributed by atoms with Crippen molar-refractivity contribution in [3.63, 3.8) is 0 Å². The summed E-state index contributed by atoms with van der Waals surface area (Å²) in [5.41, 5.74) is 1.77. The smallest absolute Gasteiger partial charge is 0.262 e. The Kier molecular flexibility index (Phi) is 6.02. The fraction of sp³-hybridized carbons (Fsp3) is 0.607. The summed E-state index contributed by atoms with van der Waals surface area (Å²) in [5, 5.41) is 0.425. The summed E-state index contributed by atoms with van der Waals surface area (Å²) in [5.74, 6) is 2.65. The van der Waals surface area contributed by atoms with Crippen molar-refractivity contribution in [1.29, 1.82) is 0 Å².